The van der Waals surface area contributed by atoms with Gasteiger partial charge in [-0.1, -0.05) is 28.6 Å². The van der Waals surface area contributed by atoms with E-state index in [-0.39, 0.29) is 0 Å². The second-order valence-electron chi connectivity index (χ2n) is 6.53. The maximum Gasteiger partial charge on any atom is 0.186 e. The number of benzene rings is 1. The van der Waals surface area contributed by atoms with Crippen LogP contribution in [0.1, 0.15) is 17.3 Å². The summed E-state index contributed by atoms with van der Waals surface area (Å²) in [5.41, 5.74) is 3.90. The van der Waals surface area contributed by atoms with E-state index in [4.69, 9.17) is 9.51 Å². The van der Waals surface area contributed by atoms with E-state index in [0.29, 0.717) is 17.0 Å². The van der Waals surface area contributed by atoms with E-state index in [1.54, 1.807) is 4.52 Å². The normalized spacial score (nSPS) is 11.6. The third kappa shape index (κ3) is 2.57. The Morgan fingerprint density at radius 3 is 2.81 bits per heavy atom. The summed E-state index contributed by atoms with van der Waals surface area (Å²) in [7, 11) is 2.00. The van der Waals surface area contributed by atoms with Gasteiger partial charge in [-0.2, -0.15) is 4.52 Å². The molecule has 0 aliphatic heterocycles. The van der Waals surface area contributed by atoms with Crippen LogP contribution in [0.25, 0.3) is 27.9 Å². The van der Waals surface area contributed by atoms with E-state index < -0.39 is 0 Å². The maximum atomic E-state index is 5.20. The number of aromatic nitrogens is 7. The average Bonchev–Trinajstić information content (AvgIpc) is 3.39. The fourth-order valence-corrected chi connectivity index (χ4v) is 3.33. The molecule has 0 aliphatic rings. The van der Waals surface area contributed by atoms with E-state index in [1.807, 2.05) is 55.2 Å². The summed E-state index contributed by atoms with van der Waals surface area (Å²) in [6.45, 7) is 1.85. The molecule has 1 aromatic carbocycles. The van der Waals surface area contributed by atoms with Crippen molar-refractivity contribution in [2.45, 2.75) is 19.8 Å². The molecule has 0 saturated carbocycles. The molecule has 4 heterocycles. The molecule has 0 bridgehead atoms. The predicted octanol–water partition coefficient (Wildman–Crippen LogP) is 2.76. The van der Waals surface area contributed by atoms with Crippen LogP contribution >= 0.6 is 0 Å². The Balaban J connectivity index is 1.67. The fraction of sp³-hybridized carbons (Fsp3) is 0.211. The monoisotopic (exact) mass is 359 g/mol. The standard InChI is InChI=1S/C19H17N7O/c1-12-11-15(23-27-12)18-19-21-14(7-8-17-20-9-10-25(17)2)13-5-3-4-6-16(13)26(19)24-22-18/h3-6,9-11H,7-8H2,1-2H3. The van der Waals surface area contributed by atoms with Crippen LogP contribution in [0, 0.1) is 6.92 Å². The molecule has 0 atom stereocenters. The number of nitrogens with zero attached hydrogens (tertiary/aromatic N) is 7. The van der Waals surface area contributed by atoms with Gasteiger partial charge in [0.2, 0.25) is 0 Å². The van der Waals surface area contributed by atoms with Crippen LogP contribution in [0.2, 0.25) is 0 Å². The first-order valence-corrected chi connectivity index (χ1v) is 8.73. The lowest BCUT2D eigenvalue weighted by molar-refractivity contribution is 0.399. The molecular formula is C19H17N7O. The van der Waals surface area contributed by atoms with Gasteiger partial charge in [-0.05, 0) is 19.4 Å². The fourth-order valence-electron chi connectivity index (χ4n) is 3.33. The van der Waals surface area contributed by atoms with Gasteiger partial charge >= 0.3 is 0 Å². The molecule has 4 aromatic heterocycles. The number of imidazole rings is 1. The van der Waals surface area contributed by atoms with Crippen molar-refractivity contribution in [3.05, 3.63) is 60.0 Å². The van der Waals surface area contributed by atoms with Gasteiger partial charge in [0.15, 0.2) is 11.3 Å². The SMILES string of the molecule is Cc1cc(-c2nnn3c2nc(CCc2nccn2C)c2ccccc23)no1. The summed E-state index contributed by atoms with van der Waals surface area (Å²) in [4.78, 5) is 9.31. The second-order valence-corrected chi connectivity index (χ2v) is 6.53. The van der Waals surface area contributed by atoms with Crippen LogP contribution in [0.15, 0.2) is 47.2 Å². The van der Waals surface area contributed by atoms with Crippen molar-refractivity contribution >= 4 is 16.6 Å². The largest absolute Gasteiger partial charge is 0.361 e. The van der Waals surface area contributed by atoms with Gasteiger partial charge in [0, 0.05) is 37.3 Å². The van der Waals surface area contributed by atoms with Crippen molar-refractivity contribution < 1.29 is 4.52 Å². The summed E-state index contributed by atoms with van der Waals surface area (Å²) < 4.78 is 8.99. The van der Waals surface area contributed by atoms with Crippen LogP contribution in [0.5, 0.6) is 0 Å². The molecule has 0 amide bonds. The Labute approximate surface area is 154 Å². The van der Waals surface area contributed by atoms with Crippen LogP contribution in [-0.2, 0) is 19.9 Å². The summed E-state index contributed by atoms with van der Waals surface area (Å²) in [5.74, 6) is 1.75. The Morgan fingerprint density at radius 2 is 2.04 bits per heavy atom. The van der Waals surface area contributed by atoms with Gasteiger partial charge in [-0.3, -0.25) is 0 Å². The molecule has 0 fully saturated rings. The first kappa shape index (κ1) is 15.7. The molecular weight excluding hydrogens is 342 g/mol. The Morgan fingerprint density at radius 1 is 1.15 bits per heavy atom. The highest BCUT2D eigenvalue weighted by molar-refractivity contribution is 5.86. The average molecular weight is 359 g/mol. The number of hydrogen-bond acceptors (Lipinski definition) is 6. The van der Waals surface area contributed by atoms with Gasteiger partial charge in [0.1, 0.15) is 17.3 Å². The smallest absolute Gasteiger partial charge is 0.186 e. The zero-order valence-corrected chi connectivity index (χ0v) is 15.0. The zero-order chi connectivity index (χ0) is 18.4. The molecule has 8 nitrogen and oxygen atoms in total. The van der Waals surface area contributed by atoms with Crippen LogP contribution < -0.4 is 0 Å². The number of fused-ring (bicyclic) bond motifs is 3. The van der Waals surface area contributed by atoms with Crippen LogP contribution in [0.3, 0.4) is 0 Å². The molecule has 0 radical (unpaired) electrons. The maximum absolute atomic E-state index is 5.20. The van der Waals surface area contributed by atoms with Gasteiger partial charge in [-0.15, -0.1) is 5.10 Å². The Hall–Kier alpha value is -3.55. The first-order chi connectivity index (χ1) is 13.2. The van der Waals surface area contributed by atoms with Crippen LogP contribution in [0.4, 0.5) is 0 Å². The van der Waals surface area contributed by atoms with Crippen molar-refractivity contribution in [2.24, 2.45) is 7.05 Å². The molecule has 0 saturated heterocycles. The molecule has 5 rings (SSSR count). The highest BCUT2D eigenvalue weighted by atomic mass is 16.5. The third-order valence-corrected chi connectivity index (χ3v) is 4.71. The quantitative estimate of drug-likeness (QED) is 0.490. The third-order valence-electron chi connectivity index (χ3n) is 4.71. The molecule has 5 aromatic rings. The van der Waals surface area contributed by atoms with Crippen molar-refractivity contribution in [3.8, 4) is 11.4 Å². The molecule has 27 heavy (non-hydrogen) atoms. The van der Waals surface area contributed by atoms with E-state index >= 15 is 0 Å². The minimum atomic E-state index is 0.621. The van der Waals surface area contributed by atoms with E-state index in [0.717, 1.165) is 41.0 Å². The molecule has 8 heteroatoms. The number of hydrogen-bond donors (Lipinski definition) is 0. The number of aryl methyl sites for hydroxylation is 4. The highest BCUT2D eigenvalue weighted by Crippen LogP contribution is 2.26. The van der Waals surface area contributed by atoms with Crippen molar-refractivity contribution in [1.82, 2.24) is 34.5 Å². The van der Waals surface area contributed by atoms with E-state index in [1.165, 1.54) is 0 Å². The Bertz CT molecular complexity index is 1260. The molecule has 0 unspecified atom stereocenters. The Kier molecular flexibility index (Phi) is 3.49. The lowest BCUT2D eigenvalue weighted by Gasteiger charge is -2.08. The summed E-state index contributed by atoms with van der Waals surface area (Å²) in [6.07, 6.45) is 5.34. The minimum absolute atomic E-state index is 0.621. The molecule has 0 N–H and O–H groups in total. The number of rotatable bonds is 4. The first-order valence-electron chi connectivity index (χ1n) is 8.73. The van der Waals surface area contributed by atoms with E-state index in [2.05, 4.69) is 26.5 Å². The summed E-state index contributed by atoms with van der Waals surface area (Å²) in [6, 6.07) is 9.94. The summed E-state index contributed by atoms with van der Waals surface area (Å²) in [5, 5.41) is 13.7. The topological polar surface area (TPSA) is 86.9 Å². The lowest BCUT2D eigenvalue weighted by Crippen LogP contribution is -2.04. The predicted molar refractivity (Wildman–Crippen MR) is 99.1 cm³/mol. The second kappa shape index (κ2) is 6.01. The van der Waals surface area contributed by atoms with E-state index in [9.17, 15) is 0 Å². The van der Waals surface area contributed by atoms with Gasteiger partial charge in [-0.25, -0.2) is 9.97 Å². The minimum Gasteiger partial charge on any atom is -0.361 e. The van der Waals surface area contributed by atoms with Crippen molar-refractivity contribution in [3.63, 3.8) is 0 Å². The molecule has 0 spiro atoms. The highest BCUT2D eigenvalue weighted by Gasteiger charge is 2.18. The molecule has 0 aliphatic carbocycles. The van der Waals surface area contributed by atoms with Crippen molar-refractivity contribution in [2.75, 3.05) is 0 Å². The van der Waals surface area contributed by atoms with Crippen molar-refractivity contribution in [1.29, 1.82) is 0 Å². The lowest BCUT2D eigenvalue weighted by atomic mass is 10.1. The van der Waals surface area contributed by atoms with Gasteiger partial charge < -0.3 is 9.09 Å². The summed E-state index contributed by atoms with van der Waals surface area (Å²) >= 11 is 0. The van der Waals surface area contributed by atoms with Gasteiger partial charge in [0.25, 0.3) is 0 Å². The molecule has 134 valence electrons. The van der Waals surface area contributed by atoms with Crippen LogP contribution in [-0.4, -0.2) is 34.5 Å². The number of para-hydroxylation sites is 1. The zero-order valence-electron chi connectivity index (χ0n) is 15.0. The van der Waals surface area contributed by atoms with Gasteiger partial charge in [0.05, 0.1) is 11.2 Å².